The van der Waals surface area contributed by atoms with Crippen LogP contribution in [0, 0.1) is 11.3 Å². The first kappa shape index (κ1) is 11.7. The third kappa shape index (κ3) is 3.68. The fourth-order valence-corrected chi connectivity index (χ4v) is 2.99. The van der Waals surface area contributed by atoms with Crippen molar-refractivity contribution in [2.45, 2.75) is 19.6 Å². The van der Waals surface area contributed by atoms with Crippen LogP contribution >= 0.6 is 0 Å². The van der Waals surface area contributed by atoms with E-state index in [0.717, 1.165) is 12.0 Å². The average molecular weight is 220 g/mol. The van der Waals surface area contributed by atoms with E-state index in [1.807, 2.05) is 13.1 Å². The lowest BCUT2D eigenvalue weighted by Crippen LogP contribution is -2.38. The van der Waals surface area contributed by atoms with Gasteiger partial charge in [-0.25, -0.2) is 9.97 Å². The van der Waals surface area contributed by atoms with E-state index in [-0.39, 0.29) is 0 Å². The summed E-state index contributed by atoms with van der Waals surface area (Å²) in [7, 11) is 0.854. The van der Waals surface area contributed by atoms with Crippen LogP contribution in [0.1, 0.15) is 5.69 Å². The van der Waals surface area contributed by atoms with Gasteiger partial charge in [0.15, 0.2) is 0 Å². The zero-order chi connectivity index (χ0) is 11.5. The molecule has 0 aliphatic rings. The van der Waals surface area contributed by atoms with Crippen LogP contribution in [0.5, 0.6) is 0 Å². The van der Waals surface area contributed by atoms with E-state index in [2.05, 4.69) is 34.5 Å². The Morgan fingerprint density at radius 3 is 2.60 bits per heavy atom. The van der Waals surface area contributed by atoms with Crippen molar-refractivity contribution >= 4 is 13.9 Å². The van der Waals surface area contributed by atoms with E-state index in [4.69, 9.17) is 5.26 Å². The zero-order valence-electron chi connectivity index (χ0n) is 9.65. The van der Waals surface area contributed by atoms with Crippen LogP contribution in [0.2, 0.25) is 19.6 Å². The van der Waals surface area contributed by atoms with Crippen LogP contribution in [0.4, 0.5) is 5.82 Å². The molecule has 0 saturated carbocycles. The number of anilines is 1. The maximum atomic E-state index is 8.73. The molecule has 0 radical (unpaired) electrons. The van der Waals surface area contributed by atoms with Crippen molar-refractivity contribution in [3.8, 4) is 6.07 Å². The van der Waals surface area contributed by atoms with E-state index in [9.17, 15) is 0 Å². The summed E-state index contributed by atoms with van der Waals surface area (Å²) in [5, 5.41) is 8.73. The second-order valence-electron chi connectivity index (χ2n) is 4.79. The van der Waals surface area contributed by atoms with Crippen LogP contribution in [-0.4, -0.2) is 31.3 Å². The molecule has 0 atom stereocenters. The monoisotopic (exact) mass is 220 g/mol. The Hall–Kier alpha value is -1.41. The summed E-state index contributed by atoms with van der Waals surface area (Å²) in [6, 6.07) is 3.74. The molecule has 0 N–H and O–H groups in total. The summed E-state index contributed by atoms with van der Waals surface area (Å²) in [6.45, 7) is 6.90. The van der Waals surface area contributed by atoms with Crippen molar-refractivity contribution in [2.24, 2.45) is 0 Å². The summed E-state index contributed by atoms with van der Waals surface area (Å²) in [5.41, 5.74) is 0.419. The molecular formula is C10H16N4Si. The number of nitriles is 1. The molecule has 1 heterocycles. The molecule has 1 aromatic rings. The number of hydrogen-bond acceptors (Lipinski definition) is 4. The molecule has 0 amide bonds. The van der Waals surface area contributed by atoms with Crippen molar-refractivity contribution < 1.29 is 0 Å². The minimum absolute atomic E-state index is 0.419. The Bertz CT molecular complexity index is 378. The molecule has 0 aromatic carbocycles. The minimum Gasteiger partial charge on any atom is -0.362 e. The lowest BCUT2D eigenvalue weighted by Gasteiger charge is -2.25. The lowest BCUT2D eigenvalue weighted by molar-refractivity contribution is 0.987. The predicted molar refractivity (Wildman–Crippen MR) is 63.4 cm³/mol. The highest BCUT2D eigenvalue weighted by Gasteiger charge is 2.17. The first-order valence-electron chi connectivity index (χ1n) is 4.86. The van der Waals surface area contributed by atoms with Gasteiger partial charge in [-0.05, 0) is 0 Å². The van der Waals surface area contributed by atoms with E-state index >= 15 is 0 Å². The Morgan fingerprint density at radius 2 is 2.07 bits per heavy atom. The van der Waals surface area contributed by atoms with Gasteiger partial charge in [-0.15, -0.1) is 0 Å². The van der Waals surface area contributed by atoms with Crippen molar-refractivity contribution in [3.05, 3.63) is 18.1 Å². The molecule has 4 nitrogen and oxygen atoms in total. The van der Waals surface area contributed by atoms with Gasteiger partial charge in [0.1, 0.15) is 23.9 Å². The normalized spacial score (nSPS) is 10.9. The first-order chi connectivity index (χ1) is 6.92. The molecule has 0 bridgehead atoms. The first-order valence-corrected chi connectivity index (χ1v) is 8.56. The highest BCUT2D eigenvalue weighted by Crippen LogP contribution is 2.12. The molecule has 0 aliphatic carbocycles. The van der Waals surface area contributed by atoms with Gasteiger partial charge in [-0.1, -0.05) is 19.6 Å². The summed E-state index contributed by atoms with van der Waals surface area (Å²) in [6.07, 6.45) is 2.46. The third-order valence-corrected chi connectivity index (χ3v) is 3.29. The molecule has 1 rings (SSSR count). The van der Waals surface area contributed by atoms with E-state index < -0.39 is 8.07 Å². The average Bonchev–Trinajstić information content (AvgIpc) is 2.15. The zero-order valence-corrected chi connectivity index (χ0v) is 10.7. The summed E-state index contributed by atoms with van der Waals surface area (Å²) >= 11 is 0. The maximum absolute atomic E-state index is 8.73. The van der Waals surface area contributed by atoms with Gasteiger partial charge < -0.3 is 4.90 Å². The highest BCUT2D eigenvalue weighted by atomic mass is 28.3. The number of nitrogens with zero attached hydrogens (tertiary/aromatic N) is 4. The second kappa shape index (κ2) is 4.40. The summed E-state index contributed by atoms with van der Waals surface area (Å²) in [4.78, 5) is 10.1. The molecule has 1 aromatic heterocycles. The Labute approximate surface area is 91.6 Å². The smallest absolute Gasteiger partial charge is 0.145 e. The quantitative estimate of drug-likeness (QED) is 0.727. The fourth-order valence-electron chi connectivity index (χ4n) is 1.41. The van der Waals surface area contributed by atoms with Gasteiger partial charge in [0.25, 0.3) is 0 Å². The molecular weight excluding hydrogens is 204 g/mol. The van der Waals surface area contributed by atoms with Gasteiger partial charge in [0, 0.05) is 19.3 Å². The van der Waals surface area contributed by atoms with Crippen molar-refractivity contribution in [1.29, 1.82) is 5.26 Å². The SMILES string of the molecule is CN(C[Si](C)(C)C)c1cc(C#N)ncn1. The number of hydrogen-bond donors (Lipinski definition) is 0. The Morgan fingerprint density at radius 1 is 1.40 bits per heavy atom. The molecule has 5 heteroatoms. The van der Waals surface area contributed by atoms with Gasteiger partial charge in [-0.2, -0.15) is 5.26 Å². The summed E-state index contributed by atoms with van der Waals surface area (Å²) in [5.74, 6) is 0.823. The van der Waals surface area contributed by atoms with Gasteiger partial charge >= 0.3 is 0 Å². The van der Waals surface area contributed by atoms with E-state index in [1.54, 1.807) is 6.07 Å². The van der Waals surface area contributed by atoms with Crippen molar-refractivity contribution in [2.75, 3.05) is 18.1 Å². The molecule has 15 heavy (non-hydrogen) atoms. The number of rotatable bonds is 3. The van der Waals surface area contributed by atoms with Crippen LogP contribution in [-0.2, 0) is 0 Å². The van der Waals surface area contributed by atoms with E-state index in [0.29, 0.717) is 5.69 Å². The fraction of sp³-hybridized carbons (Fsp3) is 0.500. The summed E-state index contributed by atoms with van der Waals surface area (Å²) < 4.78 is 0. The molecule has 0 unspecified atom stereocenters. The van der Waals surface area contributed by atoms with Crippen LogP contribution < -0.4 is 4.90 Å². The molecule has 0 aliphatic heterocycles. The number of aromatic nitrogens is 2. The van der Waals surface area contributed by atoms with Gasteiger partial charge in [0.2, 0.25) is 0 Å². The minimum atomic E-state index is -1.15. The maximum Gasteiger partial charge on any atom is 0.145 e. The Balaban J connectivity index is 2.83. The van der Waals surface area contributed by atoms with Crippen molar-refractivity contribution in [3.63, 3.8) is 0 Å². The topological polar surface area (TPSA) is 52.8 Å². The third-order valence-electron chi connectivity index (χ3n) is 1.87. The van der Waals surface area contributed by atoms with E-state index in [1.165, 1.54) is 6.33 Å². The largest absolute Gasteiger partial charge is 0.362 e. The van der Waals surface area contributed by atoms with Gasteiger partial charge in [-0.3, -0.25) is 0 Å². The van der Waals surface area contributed by atoms with Crippen LogP contribution in [0.15, 0.2) is 12.4 Å². The molecule has 0 fully saturated rings. The highest BCUT2D eigenvalue weighted by molar-refractivity contribution is 6.76. The Kier molecular flexibility index (Phi) is 3.42. The second-order valence-corrected chi connectivity index (χ2v) is 10.2. The standard InChI is InChI=1S/C10H16N4Si/c1-14(8-15(2,3)4)10-5-9(6-11)12-7-13-10/h5,7H,8H2,1-4H3. The molecule has 80 valence electrons. The van der Waals surface area contributed by atoms with Crippen molar-refractivity contribution in [1.82, 2.24) is 9.97 Å². The molecule has 0 spiro atoms. The lowest BCUT2D eigenvalue weighted by atomic mass is 10.4. The van der Waals surface area contributed by atoms with Crippen LogP contribution in [0.25, 0.3) is 0 Å². The van der Waals surface area contributed by atoms with Crippen LogP contribution in [0.3, 0.4) is 0 Å². The molecule has 0 saturated heterocycles. The predicted octanol–water partition coefficient (Wildman–Crippen LogP) is 1.66. The van der Waals surface area contributed by atoms with Gasteiger partial charge in [0.05, 0.1) is 8.07 Å².